The summed E-state index contributed by atoms with van der Waals surface area (Å²) in [5.41, 5.74) is 8.81. The largest absolute Gasteiger partial charge is 0.494 e. The first kappa shape index (κ1) is 18.3. The van der Waals surface area contributed by atoms with Gasteiger partial charge in [-0.3, -0.25) is 0 Å². The van der Waals surface area contributed by atoms with Crippen LogP contribution in [0.15, 0.2) is 53.6 Å². The minimum Gasteiger partial charge on any atom is -0.494 e. The van der Waals surface area contributed by atoms with Crippen molar-refractivity contribution in [1.29, 1.82) is 0 Å². The molecule has 0 aliphatic heterocycles. The molecule has 0 unspecified atom stereocenters. The number of hydrogen-bond acceptors (Lipinski definition) is 3. The minimum atomic E-state index is -0.742. The molecule has 0 fully saturated rings. The van der Waals surface area contributed by atoms with Crippen molar-refractivity contribution in [2.75, 3.05) is 6.61 Å². The van der Waals surface area contributed by atoms with E-state index in [4.69, 9.17) is 15.2 Å². The molecular weight excluding hydrogens is 326 g/mol. The van der Waals surface area contributed by atoms with Gasteiger partial charge >= 0.3 is 6.09 Å². The molecule has 0 saturated heterocycles. The Bertz CT molecular complexity index is 799. The van der Waals surface area contributed by atoms with E-state index in [9.17, 15) is 4.79 Å². The number of hydrogen-bond donors (Lipinski definition) is 1. The highest BCUT2D eigenvalue weighted by Crippen LogP contribution is 2.52. The van der Waals surface area contributed by atoms with Gasteiger partial charge in [0.05, 0.1) is 6.61 Å². The monoisotopic (exact) mass is 353 g/mol. The van der Waals surface area contributed by atoms with Gasteiger partial charge < -0.3 is 15.2 Å². The Morgan fingerprint density at radius 1 is 1.19 bits per heavy atom. The van der Waals surface area contributed by atoms with E-state index in [0.717, 1.165) is 36.3 Å². The van der Waals surface area contributed by atoms with E-state index < -0.39 is 11.7 Å². The Balaban J connectivity index is 1.86. The van der Waals surface area contributed by atoms with Crippen molar-refractivity contribution < 1.29 is 14.3 Å². The summed E-state index contributed by atoms with van der Waals surface area (Å²) in [5.74, 6) is 0.895. The number of primary amides is 1. The third-order valence-electron chi connectivity index (χ3n) is 5.43. The number of nitrogens with two attached hydrogens (primary N) is 1. The summed E-state index contributed by atoms with van der Waals surface area (Å²) in [4.78, 5) is 11.4. The summed E-state index contributed by atoms with van der Waals surface area (Å²) in [5, 5.41) is 0. The molecule has 26 heavy (non-hydrogen) atoms. The van der Waals surface area contributed by atoms with E-state index in [0.29, 0.717) is 0 Å². The Morgan fingerprint density at radius 2 is 1.88 bits per heavy atom. The minimum absolute atomic E-state index is 0.326. The Hall–Kier alpha value is -2.49. The highest BCUT2D eigenvalue weighted by Gasteiger charge is 2.51. The predicted octanol–water partition coefficient (Wildman–Crippen LogP) is 5.01. The average molecular weight is 353 g/mol. The van der Waals surface area contributed by atoms with Crippen molar-refractivity contribution in [3.63, 3.8) is 0 Å². The van der Waals surface area contributed by atoms with Crippen molar-refractivity contribution in [2.24, 2.45) is 11.1 Å². The molecule has 0 aromatic heterocycles. The van der Waals surface area contributed by atoms with Gasteiger partial charge in [-0.05, 0) is 54.2 Å². The van der Waals surface area contributed by atoms with Crippen LogP contribution in [-0.4, -0.2) is 18.3 Å². The van der Waals surface area contributed by atoms with Crippen molar-refractivity contribution >= 4 is 11.7 Å². The molecule has 2 aliphatic rings. The summed E-state index contributed by atoms with van der Waals surface area (Å²) in [6.45, 7) is 8.89. The molecule has 2 N–H and O–H groups in total. The number of carbonyl (C=O) groups is 1. The van der Waals surface area contributed by atoms with Crippen LogP contribution in [0.5, 0.6) is 5.75 Å². The summed E-state index contributed by atoms with van der Waals surface area (Å²) in [6, 6.07) is 8.21. The second-order valence-corrected chi connectivity index (χ2v) is 7.64. The first-order valence-corrected chi connectivity index (χ1v) is 9.13. The lowest BCUT2D eigenvalue weighted by molar-refractivity contribution is 0.00172. The quantitative estimate of drug-likeness (QED) is 0.809. The first-order valence-electron chi connectivity index (χ1n) is 9.13. The molecule has 3 rings (SSSR count). The normalized spacial score (nSPS) is 23.5. The Morgan fingerprint density at radius 3 is 2.50 bits per heavy atom. The van der Waals surface area contributed by atoms with Crippen LogP contribution in [0.1, 0.15) is 46.1 Å². The average Bonchev–Trinajstić information content (AvgIpc) is 2.78. The summed E-state index contributed by atoms with van der Waals surface area (Å²) < 4.78 is 11.2. The van der Waals surface area contributed by atoms with Crippen molar-refractivity contribution in [2.45, 2.75) is 46.1 Å². The maximum atomic E-state index is 11.4. The Kier molecular flexibility index (Phi) is 4.70. The second-order valence-electron chi connectivity index (χ2n) is 7.64. The summed E-state index contributed by atoms with van der Waals surface area (Å²) >= 11 is 0. The number of benzene rings is 1. The number of carbonyl (C=O) groups excluding carboxylic acids is 1. The molecule has 1 amide bonds. The molecule has 4 nitrogen and oxygen atoms in total. The molecule has 0 bridgehead atoms. The number of fused-ring (bicyclic) bond motifs is 1. The molecule has 0 saturated carbocycles. The van der Waals surface area contributed by atoms with Gasteiger partial charge in [0, 0.05) is 5.41 Å². The standard InChI is InChI=1S/C22H27NO3/c1-5-12-25-18-9-6-15(7-10-18)16-8-11-19-17(13-16)14-21(2,3)22(19,4)26-20(23)24/h6-7,9-11,13-14H,5,8,12H2,1-4H3,(H2,23,24)/t22-/m0/s1. The van der Waals surface area contributed by atoms with Crippen LogP contribution < -0.4 is 10.5 Å². The lowest BCUT2D eigenvalue weighted by atomic mass is 9.75. The van der Waals surface area contributed by atoms with Crippen LogP contribution in [0, 0.1) is 5.41 Å². The molecule has 0 heterocycles. The van der Waals surface area contributed by atoms with Gasteiger partial charge in [0.2, 0.25) is 0 Å². The van der Waals surface area contributed by atoms with E-state index in [1.807, 2.05) is 19.1 Å². The fourth-order valence-electron chi connectivity index (χ4n) is 3.69. The zero-order valence-corrected chi connectivity index (χ0v) is 16.0. The van der Waals surface area contributed by atoms with E-state index in [1.54, 1.807) is 0 Å². The third kappa shape index (κ3) is 3.16. The van der Waals surface area contributed by atoms with E-state index in [2.05, 4.69) is 51.1 Å². The fourth-order valence-corrected chi connectivity index (χ4v) is 3.69. The number of ether oxygens (including phenoxy) is 2. The third-order valence-corrected chi connectivity index (χ3v) is 5.43. The lowest BCUT2D eigenvalue weighted by Crippen LogP contribution is -2.44. The molecule has 138 valence electrons. The topological polar surface area (TPSA) is 61.6 Å². The van der Waals surface area contributed by atoms with Gasteiger partial charge in [-0.15, -0.1) is 0 Å². The van der Waals surface area contributed by atoms with Crippen LogP contribution in [0.2, 0.25) is 0 Å². The van der Waals surface area contributed by atoms with Crippen LogP contribution in [-0.2, 0) is 4.74 Å². The first-order chi connectivity index (χ1) is 12.3. The smallest absolute Gasteiger partial charge is 0.405 e. The summed E-state index contributed by atoms with van der Waals surface area (Å²) in [6.07, 6.45) is 7.55. The van der Waals surface area contributed by atoms with E-state index in [-0.39, 0.29) is 5.41 Å². The molecule has 0 radical (unpaired) electrons. The van der Waals surface area contributed by atoms with Gasteiger partial charge in [0.25, 0.3) is 0 Å². The summed E-state index contributed by atoms with van der Waals surface area (Å²) in [7, 11) is 0. The van der Waals surface area contributed by atoms with Gasteiger partial charge in [0.15, 0.2) is 0 Å². The van der Waals surface area contributed by atoms with Gasteiger partial charge in [0.1, 0.15) is 11.4 Å². The fraction of sp³-hybridized carbons (Fsp3) is 0.409. The molecule has 4 heteroatoms. The van der Waals surface area contributed by atoms with E-state index >= 15 is 0 Å². The van der Waals surface area contributed by atoms with Crippen LogP contribution in [0.3, 0.4) is 0 Å². The number of allylic oxidation sites excluding steroid dienone is 3. The van der Waals surface area contributed by atoms with Crippen molar-refractivity contribution in [1.82, 2.24) is 0 Å². The van der Waals surface area contributed by atoms with Crippen molar-refractivity contribution in [3.05, 3.63) is 59.2 Å². The highest BCUT2D eigenvalue weighted by atomic mass is 16.6. The maximum Gasteiger partial charge on any atom is 0.405 e. The van der Waals surface area contributed by atoms with Gasteiger partial charge in [-0.1, -0.05) is 51.1 Å². The van der Waals surface area contributed by atoms with E-state index in [1.165, 1.54) is 11.1 Å². The molecule has 1 atom stereocenters. The molecule has 0 spiro atoms. The second kappa shape index (κ2) is 6.67. The zero-order valence-electron chi connectivity index (χ0n) is 16.0. The number of amides is 1. The highest BCUT2D eigenvalue weighted by molar-refractivity contribution is 5.77. The molecule has 1 aromatic carbocycles. The van der Waals surface area contributed by atoms with Gasteiger partial charge in [-0.2, -0.15) is 0 Å². The van der Waals surface area contributed by atoms with Crippen LogP contribution in [0.4, 0.5) is 4.79 Å². The van der Waals surface area contributed by atoms with Crippen LogP contribution >= 0.6 is 0 Å². The Labute approximate surface area is 155 Å². The van der Waals surface area contributed by atoms with Gasteiger partial charge in [-0.25, -0.2) is 4.79 Å². The SMILES string of the molecule is CCCOc1ccc(C2=CC3=CC(C)(C)[C@@](C)(OC(N)=O)C3=CC2)cc1. The molecule has 2 aliphatic carbocycles. The lowest BCUT2D eigenvalue weighted by Gasteiger charge is -2.38. The van der Waals surface area contributed by atoms with Crippen LogP contribution in [0.25, 0.3) is 5.57 Å². The maximum absolute atomic E-state index is 11.4. The predicted molar refractivity (Wildman–Crippen MR) is 104 cm³/mol. The molecule has 1 aromatic rings. The molecular formula is C22H27NO3. The zero-order chi connectivity index (χ0) is 18.9. The number of rotatable bonds is 5. The van der Waals surface area contributed by atoms with Crippen molar-refractivity contribution in [3.8, 4) is 5.75 Å².